The molecule has 0 aliphatic carbocycles. The van der Waals surface area contributed by atoms with Gasteiger partial charge in [0.25, 0.3) is 11.8 Å². The minimum absolute atomic E-state index is 0.0367. The van der Waals surface area contributed by atoms with Crippen molar-refractivity contribution in [1.29, 1.82) is 0 Å². The lowest BCUT2D eigenvalue weighted by Crippen LogP contribution is -2.80. The molecule has 40 heavy (non-hydrogen) atoms. The van der Waals surface area contributed by atoms with Crippen molar-refractivity contribution in [1.82, 2.24) is 15.1 Å². The van der Waals surface area contributed by atoms with Crippen LogP contribution in [-0.4, -0.2) is 121 Å². The molecule has 230 valence electrons. The molecule has 13 heteroatoms. The molecule has 0 aliphatic rings. The van der Waals surface area contributed by atoms with Crippen LogP contribution in [0.4, 0.5) is 0 Å². The van der Waals surface area contributed by atoms with E-state index in [-0.39, 0.29) is 12.8 Å². The Balaban J connectivity index is 8.54. The van der Waals surface area contributed by atoms with Crippen LogP contribution in [0.1, 0.15) is 68.2 Å². The summed E-state index contributed by atoms with van der Waals surface area (Å²) >= 11 is 0. The maximum atomic E-state index is 15.3. The van der Waals surface area contributed by atoms with Crippen molar-refractivity contribution in [3.8, 4) is 0 Å². The molecule has 0 fully saturated rings. The fourth-order valence-corrected chi connectivity index (χ4v) is 5.13. The SMILES string of the molecule is CC[C@H](C)[C@](C(=O)[C@](C)(O)C(=O)O)(C(=O)[C@](C(=O)[C@H](C)NC)([C@@H](C)CC)N(C)C(=O)[C@@H](C)O)N(C)C(=O)[C@@H](C)O. The highest BCUT2D eigenvalue weighted by atomic mass is 16.4. The lowest BCUT2D eigenvalue weighted by Gasteiger charge is -2.53. The first-order chi connectivity index (χ1) is 18.1. The minimum atomic E-state index is -3.24. The van der Waals surface area contributed by atoms with Crippen LogP contribution in [0.3, 0.4) is 0 Å². The number of amides is 2. The van der Waals surface area contributed by atoms with Gasteiger partial charge in [-0.3, -0.25) is 24.0 Å². The number of nitrogens with zero attached hydrogens (tertiary/aromatic N) is 2. The Morgan fingerprint density at radius 3 is 1.40 bits per heavy atom. The van der Waals surface area contributed by atoms with Crippen molar-refractivity contribution in [2.24, 2.45) is 11.8 Å². The van der Waals surface area contributed by atoms with Crippen LogP contribution in [0.2, 0.25) is 0 Å². The largest absolute Gasteiger partial charge is 0.479 e. The predicted octanol–water partition coefficient (Wildman–Crippen LogP) is -0.615. The second-order valence-electron chi connectivity index (χ2n) is 10.7. The highest BCUT2D eigenvalue weighted by Gasteiger charge is 2.69. The number of carbonyl (C=O) groups is 6. The number of aliphatic hydroxyl groups excluding tert-OH is 2. The van der Waals surface area contributed by atoms with E-state index in [0.717, 1.165) is 32.8 Å². The highest BCUT2D eigenvalue weighted by molar-refractivity contribution is 6.30. The molecule has 0 heterocycles. The summed E-state index contributed by atoms with van der Waals surface area (Å²) in [4.78, 5) is 83.8. The molecule has 0 unspecified atom stereocenters. The quantitative estimate of drug-likeness (QED) is 0.147. The van der Waals surface area contributed by atoms with Crippen molar-refractivity contribution >= 4 is 35.1 Å². The predicted molar refractivity (Wildman–Crippen MR) is 145 cm³/mol. The van der Waals surface area contributed by atoms with Crippen LogP contribution in [0, 0.1) is 11.8 Å². The van der Waals surface area contributed by atoms with Gasteiger partial charge < -0.3 is 35.5 Å². The monoisotopic (exact) mass is 573 g/mol. The summed E-state index contributed by atoms with van der Waals surface area (Å²) in [6.07, 6.45) is -3.41. The van der Waals surface area contributed by atoms with E-state index >= 15 is 4.79 Å². The van der Waals surface area contributed by atoms with E-state index in [2.05, 4.69) is 5.32 Å². The zero-order valence-corrected chi connectivity index (χ0v) is 25.4. The summed E-state index contributed by atoms with van der Waals surface area (Å²) in [5, 5.41) is 43.8. The molecule has 0 aromatic rings. The normalized spacial score (nSPS) is 19.9. The topological polar surface area (TPSA) is 202 Å². The summed E-state index contributed by atoms with van der Waals surface area (Å²) in [5.74, 6) is -10.4. The molecule has 0 bridgehead atoms. The van der Waals surface area contributed by atoms with Gasteiger partial charge in [0.2, 0.25) is 11.4 Å². The number of carbonyl (C=O) groups excluding carboxylic acids is 5. The summed E-state index contributed by atoms with van der Waals surface area (Å²) in [5.41, 5.74) is -8.66. The van der Waals surface area contributed by atoms with Crippen LogP contribution in [0.15, 0.2) is 0 Å². The number of ketones is 3. The average Bonchev–Trinajstić information content (AvgIpc) is 2.90. The van der Waals surface area contributed by atoms with E-state index in [1.54, 1.807) is 13.8 Å². The number of nitrogens with one attached hydrogen (secondary N) is 1. The van der Waals surface area contributed by atoms with E-state index in [1.807, 2.05) is 0 Å². The van der Waals surface area contributed by atoms with Crippen molar-refractivity contribution in [3.63, 3.8) is 0 Å². The molecule has 0 aliphatic heterocycles. The van der Waals surface area contributed by atoms with Crippen LogP contribution >= 0.6 is 0 Å². The van der Waals surface area contributed by atoms with Crippen LogP contribution in [0.5, 0.6) is 0 Å². The molecule has 0 radical (unpaired) electrons. The van der Waals surface area contributed by atoms with Crippen molar-refractivity contribution < 1.29 is 49.2 Å². The summed E-state index contributed by atoms with van der Waals surface area (Å²) < 4.78 is 0. The minimum Gasteiger partial charge on any atom is -0.479 e. The van der Waals surface area contributed by atoms with Crippen LogP contribution in [0.25, 0.3) is 0 Å². The smallest absolute Gasteiger partial charge is 0.343 e. The molecular weight excluding hydrogens is 526 g/mol. The molecule has 13 nitrogen and oxygen atoms in total. The number of likely N-dealkylation sites (N-methyl/N-ethyl adjacent to an activating group) is 3. The number of Topliss-reactive ketones (excluding diaryl/α,β-unsaturated/α-hetero) is 3. The van der Waals surface area contributed by atoms with Crippen LogP contribution < -0.4 is 5.32 Å². The average molecular weight is 574 g/mol. The number of carboxylic acids is 1. The second kappa shape index (κ2) is 13.7. The fraction of sp³-hybridized carbons (Fsp3) is 0.778. The highest BCUT2D eigenvalue weighted by Crippen LogP contribution is 2.42. The van der Waals surface area contributed by atoms with Gasteiger partial charge in [-0.1, -0.05) is 40.5 Å². The Morgan fingerprint density at radius 1 is 0.750 bits per heavy atom. The zero-order chi connectivity index (χ0) is 32.1. The summed E-state index contributed by atoms with van der Waals surface area (Å²) in [6, 6.07) is -1.11. The van der Waals surface area contributed by atoms with Gasteiger partial charge in [-0.15, -0.1) is 0 Å². The molecule has 0 aromatic carbocycles. The van der Waals surface area contributed by atoms with Crippen molar-refractivity contribution in [2.75, 3.05) is 21.1 Å². The Labute approximate surface area is 235 Å². The molecule has 0 spiro atoms. The molecule has 5 N–H and O–H groups in total. The molecule has 0 saturated heterocycles. The van der Waals surface area contributed by atoms with Gasteiger partial charge in [-0.25, -0.2) is 4.79 Å². The van der Waals surface area contributed by atoms with E-state index in [0.29, 0.717) is 11.8 Å². The van der Waals surface area contributed by atoms with E-state index < -0.39 is 81.9 Å². The number of aliphatic hydroxyl groups is 3. The third-order valence-electron chi connectivity index (χ3n) is 8.18. The van der Waals surface area contributed by atoms with E-state index in [1.165, 1.54) is 27.8 Å². The maximum Gasteiger partial charge on any atom is 0.343 e. The second-order valence-corrected chi connectivity index (χ2v) is 10.7. The lowest BCUT2D eigenvalue weighted by molar-refractivity contribution is -0.182. The Bertz CT molecular complexity index is 995. The van der Waals surface area contributed by atoms with Crippen molar-refractivity contribution in [2.45, 2.75) is 103 Å². The Hall–Kier alpha value is -2.74. The number of aliphatic carboxylic acids is 1. The first-order valence-electron chi connectivity index (χ1n) is 13.3. The third kappa shape index (κ3) is 5.97. The molecule has 8 atom stereocenters. The lowest BCUT2D eigenvalue weighted by atomic mass is 9.60. The Kier molecular flexibility index (Phi) is 12.8. The molecular formula is C27H47N3O10. The van der Waals surface area contributed by atoms with Crippen molar-refractivity contribution in [3.05, 3.63) is 0 Å². The van der Waals surface area contributed by atoms with Gasteiger partial charge in [0, 0.05) is 14.1 Å². The van der Waals surface area contributed by atoms with E-state index in [9.17, 15) is 44.4 Å². The van der Waals surface area contributed by atoms with E-state index in [4.69, 9.17) is 0 Å². The third-order valence-corrected chi connectivity index (χ3v) is 8.18. The summed E-state index contributed by atoms with van der Waals surface area (Å²) in [6.45, 7) is 10.3. The Morgan fingerprint density at radius 2 is 1.10 bits per heavy atom. The van der Waals surface area contributed by atoms with Gasteiger partial charge in [0.15, 0.2) is 22.6 Å². The van der Waals surface area contributed by atoms with Gasteiger partial charge >= 0.3 is 5.97 Å². The van der Waals surface area contributed by atoms with Crippen LogP contribution in [-0.2, 0) is 28.8 Å². The van der Waals surface area contributed by atoms with Gasteiger partial charge in [-0.05, 0) is 46.6 Å². The maximum absolute atomic E-state index is 15.3. The van der Waals surface area contributed by atoms with Gasteiger partial charge in [0.1, 0.15) is 12.2 Å². The number of hydrogen-bond acceptors (Lipinski definition) is 10. The molecule has 0 aromatic heterocycles. The number of carboxylic acid groups (broad SMARTS) is 1. The summed E-state index contributed by atoms with van der Waals surface area (Å²) in [7, 11) is 3.53. The standard InChI is InChI=1S/C27H47N3O10/c1-12-14(3)26(19(33)16(5)28-9,29(10)20(34)17(6)31)23(37)27(15(4)13-2,30(11)21(35)18(7)32)22(36)25(8,40)24(38)39/h14-18,28,31-32,40H,12-13H2,1-11H3,(H,38,39)/t14-,15-,16-,17+,18+,25-,26+,27-/m0/s1. The molecule has 0 saturated carbocycles. The zero-order valence-electron chi connectivity index (χ0n) is 25.4. The first-order valence-corrected chi connectivity index (χ1v) is 13.3. The molecule has 0 rings (SSSR count). The fourth-order valence-electron chi connectivity index (χ4n) is 5.13. The molecule has 2 amide bonds. The first kappa shape index (κ1) is 37.3. The number of hydrogen-bond donors (Lipinski definition) is 5. The van der Waals surface area contributed by atoms with Gasteiger partial charge in [0.05, 0.1) is 6.04 Å². The number of rotatable bonds is 16. The van der Waals surface area contributed by atoms with Gasteiger partial charge in [-0.2, -0.15) is 0 Å².